The lowest BCUT2D eigenvalue weighted by Crippen LogP contribution is -2.54. The molecule has 0 amide bonds. The first-order valence-corrected chi connectivity index (χ1v) is 7.09. The molecule has 0 atom stereocenters. The molecule has 1 aliphatic rings. The zero-order valence-corrected chi connectivity index (χ0v) is 11.0. The predicted octanol–water partition coefficient (Wildman–Crippen LogP) is 0.117. The standard InChI is InChI=1S/C11H16N2O4S/c1-16-5-6-17-10-8-13(9-10)18(14,15)11-3-2-4-12-7-11/h2-4,7,10H,5-6,8-9H2,1H3. The van der Waals surface area contributed by atoms with Gasteiger partial charge < -0.3 is 9.47 Å². The van der Waals surface area contributed by atoms with Gasteiger partial charge in [-0.25, -0.2) is 8.42 Å². The van der Waals surface area contributed by atoms with Crippen LogP contribution in [0.4, 0.5) is 0 Å². The lowest BCUT2D eigenvalue weighted by molar-refractivity contribution is -0.0380. The first-order valence-electron chi connectivity index (χ1n) is 5.65. The molecule has 1 aromatic heterocycles. The summed E-state index contributed by atoms with van der Waals surface area (Å²) in [5.74, 6) is 0. The first kappa shape index (κ1) is 13.4. The molecule has 1 aliphatic heterocycles. The van der Waals surface area contributed by atoms with E-state index in [0.29, 0.717) is 26.3 Å². The van der Waals surface area contributed by atoms with Crippen LogP contribution in [0.3, 0.4) is 0 Å². The highest BCUT2D eigenvalue weighted by Crippen LogP contribution is 2.22. The number of nitrogens with zero attached hydrogens (tertiary/aromatic N) is 2. The zero-order valence-electron chi connectivity index (χ0n) is 10.2. The van der Waals surface area contributed by atoms with E-state index >= 15 is 0 Å². The molecule has 0 aliphatic carbocycles. The summed E-state index contributed by atoms with van der Waals surface area (Å²) in [5.41, 5.74) is 0. The number of hydrogen-bond acceptors (Lipinski definition) is 5. The Labute approximate surface area is 107 Å². The van der Waals surface area contributed by atoms with Crippen molar-refractivity contribution in [3.63, 3.8) is 0 Å². The van der Waals surface area contributed by atoms with Crippen molar-refractivity contribution in [3.05, 3.63) is 24.5 Å². The van der Waals surface area contributed by atoms with E-state index in [2.05, 4.69) is 4.98 Å². The first-order chi connectivity index (χ1) is 8.64. The van der Waals surface area contributed by atoms with Gasteiger partial charge in [-0.2, -0.15) is 4.31 Å². The average molecular weight is 272 g/mol. The minimum atomic E-state index is -3.41. The van der Waals surface area contributed by atoms with E-state index in [9.17, 15) is 8.42 Å². The molecule has 1 fully saturated rings. The Morgan fingerprint density at radius 3 is 2.83 bits per heavy atom. The third-order valence-electron chi connectivity index (χ3n) is 2.73. The summed E-state index contributed by atoms with van der Waals surface area (Å²) < 4.78 is 35.9. The third kappa shape index (κ3) is 2.86. The second-order valence-corrected chi connectivity index (χ2v) is 5.93. The third-order valence-corrected chi connectivity index (χ3v) is 4.54. The highest BCUT2D eigenvalue weighted by atomic mass is 32.2. The van der Waals surface area contributed by atoms with E-state index in [4.69, 9.17) is 9.47 Å². The minimum Gasteiger partial charge on any atom is -0.382 e. The largest absolute Gasteiger partial charge is 0.382 e. The second-order valence-electron chi connectivity index (χ2n) is 4.00. The molecular weight excluding hydrogens is 256 g/mol. The maximum absolute atomic E-state index is 12.1. The molecule has 2 heterocycles. The van der Waals surface area contributed by atoms with Crippen LogP contribution in [-0.4, -0.2) is 57.2 Å². The molecule has 0 bridgehead atoms. The quantitative estimate of drug-likeness (QED) is 0.688. The Bertz CT molecular complexity index is 471. The second kappa shape index (κ2) is 5.75. The van der Waals surface area contributed by atoms with Gasteiger partial charge in [-0.3, -0.25) is 4.98 Å². The number of ether oxygens (including phenoxy) is 2. The molecule has 1 aromatic rings. The van der Waals surface area contributed by atoms with Gasteiger partial charge in [0.15, 0.2) is 0 Å². The fourth-order valence-electron chi connectivity index (χ4n) is 1.65. The smallest absolute Gasteiger partial charge is 0.244 e. The van der Waals surface area contributed by atoms with Gasteiger partial charge >= 0.3 is 0 Å². The number of hydrogen-bond donors (Lipinski definition) is 0. The highest BCUT2D eigenvalue weighted by Gasteiger charge is 2.37. The number of aromatic nitrogens is 1. The van der Waals surface area contributed by atoms with Gasteiger partial charge in [0.25, 0.3) is 0 Å². The van der Waals surface area contributed by atoms with E-state index in [1.165, 1.54) is 10.5 Å². The summed E-state index contributed by atoms with van der Waals surface area (Å²) >= 11 is 0. The van der Waals surface area contributed by atoms with Gasteiger partial charge in [-0.1, -0.05) is 0 Å². The maximum Gasteiger partial charge on any atom is 0.244 e. The van der Waals surface area contributed by atoms with Crippen LogP contribution in [-0.2, 0) is 19.5 Å². The van der Waals surface area contributed by atoms with Gasteiger partial charge in [0.2, 0.25) is 10.0 Å². The molecule has 0 unspecified atom stereocenters. The van der Waals surface area contributed by atoms with E-state index in [1.54, 1.807) is 25.4 Å². The van der Waals surface area contributed by atoms with Gasteiger partial charge in [0.1, 0.15) is 4.90 Å². The van der Waals surface area contributed by atoms with Crippen LogP contribution in [0.5, 0.6) is 0 Å². The summed E-state index contributed by atoms with van der Waals surface area (Å²) in [4.78, 5) is 4.04. The van der Waals surface area contributed by atoms with E-state index in [0.717, 1.165) is 0 Å². The van der Waals surface area contributed by atoms with Gasteiger partial charge in [0, 0.05) is 32.6 Å². The summed E-state index contributed by atoms with van der Waals surface area (Å²) in [5, 5.41) is 0. The number of pyridine rings is 1. The number of methoxy groups -OCH3 is 1. The maximum atomic E-state index is 12.1. The van der Waals surface area contributed by atoms with E-state index in [1.807, 2.05) is 0 Å². The van der Waals surface area contributed by atoms with Gasteiger partial charge in [-0.05, 0) is 12.1 Å². The molecule has 7 heteroatoms. The zero-order chi connectivity index (χ0) is 13.0. The highest BCUT2D eigenvalue weighted by molar-refractivity contribution is 7.89. The molecule has 1 saturated heterocycles. The molecule has 6 nitrogen and oxygen atoms in total. The van der Waals surface area contributed by atoms with Crippen molar-refractivity contribution >= 4 is 10.0 Å². The molecule has 0 aromatic carbocycles. The Morgan fingerprint density at radius 1 is 1.44 bits per heavy atom. The normalized spacial score (nSPS) is 17.6. The molecule has 0 saturated carbocycles. The summed E-state index contributed by atoms with van der Waals surface area (Å²) in [6.45, 7) is 1.79. The van der Waals surface area contributed by atoms with Crippen molar-refractivity contribution < 1.29 is 17.9 Å². The van der Waals surface area contributed by atoms with Crippen molar-refractivity contribution in [1.29, 1.82) is 0 Å². The molecule has 0 spiro atoms. The summed E-state index contributed by atoms with van der Waals surface area (Å²) in [7, 11) is -1.81. The Balaban J connectivity index is 1.88. The van der Waals surface area contributed by atoms with Crippen LogP contribution >= 0.6 is 0 Å². The Hall–Kier alpha value is -1.02. The predicted molar refractivity (Wildman–Crippen MR) is 64.6 cm³/mol. The lowest BCUT2D eigenvalue weighted by atomic mass is 10.2. The monoisotopic (exact) mass is 272 g/mol. The van der Waals surface area contributed by atoms with Gasteiger partial charge in [-0.15, -0.1) is 0 Å². The fraction of sp³-hybridized carbons (Fsp3) is 0.545. The molecule has 18 heavy (non-hydrogen) atoms. The molecule has 100 valence electrons. The molecule has 0 N–H and O–H groups in total. The van der Waals surface area contributed by atoms with Crippen LogP contribution in [0.2, 0.25) is 0 Å². The molecule has 0 radical (unpaired) electrons. The van der Waals surface area contributed by atoms with E-state index in [-0.39, 0.29) is 11.0 Å². The van der Waals surface area contributed by atoms with Crippen molar-refractivity contribution in [3.8, 4) is 0 Å². The molecular formula is C11H16N2O4S. The Morgan fingerprint density at radius 2 is 2.22 bits per heavy atom. The summed E-state index contributed by atoms with van der Waals surface area (Å²) in [6, 6.07) is 3.15. The number of sulfonamides is 1. The van der Waals surface area contributed by atoms with Crippen molar-refractivity contribution in [2.75, 3.05) is 33.4 Å². The van der Waals surface area contributed by atoms with Crippen LogP contribution in [0.1, 0.15) is 0 Å². The summed E-state index contributed by atoms with van der Waals surface area (Å²) in [6.07, 6.45) is 2.87. The SMILES string of the molecule is COCCOC1CN(S(=O)(=O)c2cccnc2)C1. The molecule has 2 rings (SSSR count). The van der Waals surface area contributed by atoms with E-state index < -0.39 is 10.0 Å². The van der Waals surface area contributed by atoms with Crippen molar-refractivity contribution in [2.45, 2.75) is 11.0 Å². The Kier molecular flexibility index (Phi) is 4.28. The topological polar surface area (TPSA) is 68.7 Å². The fourth-order valence-corrected chi connectivity index (χ4v) is 3.12. The van der Waals surface area contributed by atoms with Crippen LogP contribution in [0.15, 0.2) is 29.4 Å². The lowest BCUT2D eigenvalue weighted by Gasteiger charge is -2.37. The number of rotatable bonds is 6. The average Bonchev–Trinajstić information content (AvgIpc) is 2.33. The van der Waals surface area contributed by atoms with Crippen molar-refractivity contribution in [1.82, 2.24) is 9.29 Å². The minimum absolute atomic E-state index is 0.0356. The van der Waals surface area contributed by atoms with Crippen molar-refractivity contribution in [2.24, 2.45) is 0 Å². The van der Waals surface area contributed by atoms with Crippen LogP contribution in [0, 0.1) is 0 Å². The van der Waals surface area contributed by atoms with Gasteiger partial charge in [0.05, 0.1) is 19.3 Å². The van der Waals surface area contributed by atoms with Crippen LogP contribution < -0.4 is 0 Å². The van der Waals surface area contributed by atoms with Crippen LogP contribution in [0.25, 0.3) is 0 Å².